The summed E-state index contributed by atoms with van der Waals surface area (Å²) in [4.78, 5) is 15.6. The smallest absolute Gasteiger partial charge is 0.267 e. The number of methoxy groups -OCH3 is 1. The van der Waals surface area contributed by atoms with E-state index in [1.54, 1.807) is 54.8 Å². The van der Waals surface area contributed by atoms with Gasteiger partial charge >= 0.3 is 0 Å². The highest BCUT2D eigenvalue weighted by Gasteiger charge is 2.34. The van der Waals surface area contributed by atoms with Crippen molar-refractivity contribution in [2.24, 2.45) is 10.2 Å². The Morgan fingerprint density at radius 3 is 2.52 bits per heavy atom. The Kier molecular flexibility index (Phi) is 10.8. The van der Waals surface area contributed by atoms with Gasteiger partial charge in [0.1, 0.15) is 24.7 Å². The largest absolute Gasteiger partial charge is 0.493 e. The Labute approximate surface area is 292 Å². The SMILES string of the molecule is COc1cc(/C=N/N=C2\S/C(=C\c3cccc(OCc4ccccc4)c3)C(=O)N2Cc2ccco2)ccc1OCc1ccc(Cl)cc1Cl. The zero-order chi connectivity index (χ0) is 33.3. The normalized spacial score (nSPS) is 14.7. The average molecular weight is 699 g/mol. The maximum Gasteiger partial charge on any atom is 0.267 e. The molecule has 0 atom stereocenters. The van der Waals surface area contributed by atoms with Crippen LogP contribution in [-0.2, 0) is 24.6 Å². The fraction of sp³-hybridized carbons (Fsp3) is 0.108. The van der Waals surface area contributed by atoms with Gasteiger partial charge in [0.25, 0.3) is 5.91 Å². The first kappa shape index (κ1) is 33.0. The quantitative estimate of drug-likeness (QED) is 0.0734. The van der Waals surface area contributed by atoms with Crippen LogP contribution < -0.4 is 14.2 Å². The molecule has 1 aliphatic heterocycles. The third kappa shape index (κ3) is 8.49. The standard InChI is InChI=1S/C37H29Cl2N3O5S/c1-44-34-18-27(12-15-33(34)47-24-28-13-14-29(38)20-32(28)39)21-40-41-37-42(22-31-11-6-16-45-31)36(43)35(48-37)19-26-9-5-10-30(17-26)46-23-25-7-3-2-4-8-25/h2-21H,22-24H2,1H3/b35-19-,40-21+,41-37-. The van der Waals surface area contributed by atoms with Gasteiger partial charge in [-0.05, 0) is 89.1 Å². The van der Waals surface area contributed by atoms with E-state index in [2.05, 4.69) is 10.2 Å². The van der Waals surface area contributed by atoms with Crippen molar-refractivity contribution in [3.63, 3.8) is 0 Å². The van der Waals surface area contributed by atoms with E-state index >= 15 is 0 Å². The summed E-state index contributed by atoms with van der Waals surface area (Å²) in [6, 6.07) is 31.8. The summed E-state index contributed by atoms with van der Waals surface area (Å²) in [5.41, 5.74) is 3.42. The van der Waals surface area contributed by atoms with Crippen LogP contribution in [0.1, 0.15) is 28.0 Å². The van der Waals surface area contributed by atoms with E-state index < -0.39 is 0 Å². The first-order valence-electron chi connectivity index (χ1n) is 14.8. The molecule has 6 rings (SSSR count). The molecule has 2 heterocycles. The summed E-state index contributed by atoms with van der Waals surface area (Å²) in [5, 5.41) is 10.2. The van der Waals surface area contributed by atoms with E-state index in [1.165, 1.54) is 11.8 Å². The van der Waals surface area contributed by atoms with E-state index in [9.17, 15) is 4.79 Å². The maximum absolute atomic E-state index is 13.6. The van der Waals surface area contributed by atoms with Crippen molar-refractivity contribution in [2.45, 2.75) is 19.8 Å². The van der Waals surface area contributed by atoms with Gasteiger partial charge in [-0.25, -0.2) is 0 Å². The van der Waals surface area contributed by atoms with E-state index in [0.29, 0.717) is 49.7 Å². The summed E-state index contributed by atoms with van der Waals surface area (Å²) in [6.07, 6.45) is 4.98. The number of benzene rings is 4. The number of ether oxygens (including phenoxy) is 3. The molecule has 1 aromatic heterocycles. The first-order valence-corrected chi connectivity index (χ1v) is 16.4. The first-order chi connectivity index (χ1) is 23.4. The highest BCUT2D eigenvalue weighted by molar-refractivity contribution is 8.18. The Bertz CT molecular complexity index is 1980. The lowest BCUT2D eigenvalue weighted by molar-refractivity contribution is -0.122. The number of halogens is 2. The average Bonchev–Trinajstić information content (AvgIpc) is 3.72. The lowest BCUT2D eigenvalue weighted by Gasteiger charge is -2.13. The number of thioether (sulfide) groups is 1. The Morgan fingerprint density at radius 2 is 1.73 bits per heavy atom. The van der Waals surface area contributed by atoms with Gasteiger partial charge in [-0.15, -0.1) is 5.10 Å². The fourth-order valence-electron chi connectivity index (χ4n) is 4.69. The molecule has 11 heteroatoms. The fourth-order valence-corrected chi connectivity index (χ4v) is 6.09. The van der Waals surface area contributed by atoms with Gasteiger partial charge in [0.2, 0.25) is 0 Å². The summed E-state index contributed by atoms with van der Waals surface area (Å²) in [6.45, 7) is 0.896. The molecule has 0 radical (unpaired) electrons. The molecule has 1 fully saturated rings. The van der Waals surface area contributed by atoms with Crippen LogP contribution in [0.15, 0.2) is 129 Å². The van der Waals surface area contributed by atoms with Crippen molar-refractivity contribution < 1.29 is 23.4 Å². The van der Waals surface area contributed by atoms with Gasteiger partial charge < -0.3 is 18.6 Å². The molecule has 242 valence electrons. The van der Waals surface area contributed by atoms with Crippen molar-refractivity contribution in [3.05, 3.63) is 152 Å². The van der Waals surface area contributed by atoms with Gasteiger partial charge in [0.15, 0.2) is 16.7 Å². The number of nitrogens with zero attached hydrogens (tertiary/aromatic N) is 3. The Balaban J connectivity index is 1.18. The lowest BCUT2D eigenvalue weighted by atomic mass is 10.2. The number of amidine groups is 1. The minimum Gasteiger partial charge on any atom is -0.493 e. The van der Waals surface area contributed by atoms with Crippen LogP contribution in [0.25, 0.3) is 6.08 Å². The number of amides is 1. The Hall–Kier alpha value is -4.96. The van der Waals surface area contributed by atoms with Crippen LogP contribution in [0.4, 0.5) is 0 Å². The van der Waals surface area contributed by atoms with Crippen molar-refractivity contribution in [2.75, 3.05) is 7.11 Å². The number of carbonyl (C=O) groups is 1. The molecular formula is C37H29Cl2N3O5S. The zero-order valence-corrected chi connectivity index (χ0v) is 28.0. The number of furan rings is 1. The van der Waals surface area contributed by atoms with Gasteiger partial charge in [0, 0.05) is 15.6 Å². The van der Waals surface area contributed by atoms with Crippen LogP contribution in [0.5, 0.6) is 17.2 Å². The third-order valence-electron chi connectivity index (χ3n) is 7.12. The zero-order valence-electron chi connectivity index (χ0n) is 25.7. The summed E-state index contributed by atoms with van der Waals surface area (Å²) in [7, 11) is 1.56. The number of carbonyl (C=O) groups excluding carboxylic acids is 1. The van der Waals surface area contributed by atoms with Gasteiger partial charge in [-0.3, -0.25) is 9.69 Å². The van der Waals surface area contributed by atoms with Crippen molar-refractivity contribution in [3.8, 4) is 17.2 Å². The second kappa shape index (κ2) is 15.8. The summed E-state index contributed by atoms with van der Waals surface area (Å²) < 4.78 is 23.0. The third-order valence-corrected chi connectivity index (χ3v) is 8.71. The van der Waals surface area contributed by atoms with Crippen LogP contribution in [0, 0.1) is 0 Å². The van der Waals surface area contributed by atoms with E-state index in [0.717, 1.165) is 22.3 Å². The van der Waals surface area contributed by atoms with E-state index in [-0.39, 0.29) is 19.1 Å². The highest BCUT2D eigenvalue weighted by atomic mass is 35.5. The second-order valence-electron chi connectivity index (χ2n) is 10.5. The number of hydrogen-bond donors (Lipinski definition) is 0. The summed E-state index contributed by atoms with van der Waals surface area (Å²) in [5.74, 6) is 2.18. The topological polar surface area (TPSA) is 85.9 Å². The van der Waals surface area contributed by atoms with Gasteiger partial charge in [0.05, 0.1) is 31.0 Å². The predicted molar refractivity (Wildman–Crippen MR) is 191 cm³/mol. The molecule has 1 amide bonds. The molecule has 5 aromatic rings. The Morgan fingerprint density at radius 1 is 0.854 bits per heavy atom. The predicted octanol–water partition coefficient (Wildman–Crippen LogP) is 9.26. The highest BCUT2D eigenvalue weighted by Crippen LogP contribution is 2.35. The van der Waals surface area contributed by atoms with Crippen molar-refractivity contribution >= 4 is 58.3 Å². The minimum absolute atomic E-state index is 0.204. The van der Waals surface area contributed by atoms with Crippen LogP contribution in [-0.4, -0.2) is 29.3 Å². The molecule has 4 aromatic carbocycles. The molecule has 1 aliphatic rings. The van der Waals surface area contributed by atoms with Crippen LogP contribution in [0.3, 0.4) is 0 Å². The second-order valence-corrected chi connectivity index (χ2v) is 12.3. The molecule has 0 aliphatic carbocycles. The van der Waals surface area contributed by atoms with E-state index in [4.69, 9.17) is 41.8 Å². The van der Waals surface area contributed by atoms with Crippen LogP contribution >= 0.6 is 35.0 Å². The molecule has 0 unspecified atom stereocenters. The number of rotatable bonds is 12. The monoisotopic (exact) mass is 697 g/mol. The van der Waals surface area contributed by atoms with Gasteiger partial charge in [-0.2, -0.15) is 5.10 Å². The van der Waals surface area contributed by atoms with Gasteiger partial charge in [-0.1, -0.05) is 71.7 Å². The molecule has 0 N–H and O–H groups in total. The van der Waals surface area contributed by atoms with Crippen molar-refractivity contribution in [1.29, 1.82) is 0 Å². The minimum atomic E-state index is -0.204. The maximum atomic E-state index is 13.6. The molecule has 48 heavy (non-hydrogen) atoms. The number of hydrogen-bond acceptors (Lipinski definition) is 8. The van der Waals surface area contributed by atoms with Crippen LogP contribution in [0.2, 0.25) is 10.0 Å². The molecular weight excluding hydrogens is 669 g/mol. The summed E-state index contributed by atoms with van der Waals surface area (Å²) >= 11 is 13.5. The van der Waals surface area contributed by atoms with E-state index in [1.807, 2.05) is 78.9 Å². The molecule has 0 saturated carbocycles. The lowest BCUT2D eigenvalue weighted by Crippen LogP contribution is -2.28. The molecule has 0 spiro atoms. The molecule has 1 saturated heterocycles. The molecule has 8 nitrogen and oxygen atoms in total. The molecule has 0 bridgehead atoms. The van der Waals surface area contributed by atoms with Crippen molar-refractivity contribution in [1.82, 2.24) is 4.90 Å².